The number of hydrogen-bond acceptors (Lipinski definition) is 7. The van der Waals surface area contributed by atoms with Gasteiger partial charge >= 0.3 is 0 Å². The molecule has 10 heteroatoms. The molecular weight excluding hydrogens is 416 g/mol. The summed E-state index contributed by atoms with van der Waals surface area (Å²) in [4.78, 5) is 14.9. The minimum Gasteiger partial charge on any atom is -0.474 e. The average Bonchev–Trinajstić information content (AvgIpc) is 3.25. The molecule has 4 rings (SSSR count). The second-order valence-corrected chi connectivity index (χ2v) is 10.1. The van der Waals surface area contributed by atoms with Gasteiger partial charge in [-0.2, -0.15) is 4.31 Å². The second kappa shape index (κ2) is 8.43. The molecule has 0 N–H and O–H groups in total. The van der Waals surface area contributed by atoms with Gasteiger partial charge in [0.1, 0.15) is 6.33 Å². The zero-order chi connectivity index (χ0) is 22.2. The summed E-state index contributed by atoms with van der Waals surface area (Å²) in [6, 6.07) is 6.13. The van der Waals surface area contributed by atoms with Crippen molar-refractivity contribution in [3.63, 3.8) is 0 Å². The van der Waals surface area contributed by atoms with Gasteiger partial charge in [-0.1, -0.05) is 0 Å². The summed E-state index contributed by atoms with van der Waals surface area (Å²) in [7, 11) is -3.60. The molecule has 1 aliphatic heterocycles. The first-order valence-corrected chi connectivity index (χ1v) is 11.9. The predicted octanol–water partition coefficient (Wildman–Crippen LogP) is 2.71. The highest BCUT2D eigenvalue weighted by atomic mass is 32.2. The summed E-state index contributed by atoms with van der Waals surface area (Å²) < 4.78 is 35.1. The molecule has 0 bridgehead atoms. The molecule has 0 spiro atoms. The first kappa shape index (κ1) is 21.5. The topological polar surface area (TPSA) is 93.5 Å². The fraction of sp³-hybridized carbons (Fsp3) is 0.476. The SMILES string of the molecule is CC(C)Oc1ncnc2ccc(N3CCN(S(=O)(=O)c4cn(C(C)C)cn4)CC3)cc12. The number of nitrogens with zero attached hydrogens (tertiary/aromatic N) is 6. The van der Waals surface area contributed by atoms with Crippen LogP contribution >= 0.6 is 0 Å². The Labute approximate surface area is 182 Å². The van der Waals surface area contributed by atoms with E-state index in [1.807, 2.05) is 45.9 Å². The zero-order valence-corrected chi connectivity index (χ0v) is 19.1. The molecular formula is C21H28N6O3S. The maximum absolute atomic E-state index is 13.0. The quantitative estimate of drug-likeness (QED) is 0.577. The van der Waals surface area contributed by atoms with Crippen LogP contribution in [-0.2, 0) is 10.0 Å². The third-order valence-electron chi connectivity index (χ3n) is 5.31. The Morgan fingerprint density at radius 3 is 2.39 bits per heavy atom. The van der Waals surface area contributed by atoms with Crippen LogP contribution in [0, 0.1) is 0 Å². The second-order valence-electron chi connectivity index (χ2n) is 8.19. The van der Waals surface area contributed by atoms with E-state index >= 15 is 0 Å². The van der Waals surface area contributed by atoms with Crippen molar-refractivity contribution in [2.24, 2.45) is 0 Å². The van der Waals surface area contributed by atoms with Crippen LogP contribution in [0.15, 0.2) is 42.1 Å². The highest BCUT2D eigenvalue weighted by molar-refractivity contribution is 7.89. The zero-order valence-electron chi connectivity index (χ0n) is 18.3. The molecule has 0 aliphatic carbocycles. The van der Waals surface area contributed by atoms with E-state index in [0.29, 0.717) is 32.1 Å². The maximum Gasteiger partial charge on any atom is 0.262 e. The fourth-order valence-corrected chi connectivity index (χ4v) is 4.93. The first-order valence-electron chi connectivity index (χ1n) is 10.5. The van der Waals surface area contributed by atoms with Crippen molar-refractivity contribution in [2.75, 3.05) is 31.1 Å². The number of benzene rings is 1. The normalized spacial score (nSPS) is 15.9. The number of imidazole rings is 1. The molecule has 9 nitrogen and oxygen atoms in total. The Hall–Kier alpha value is -2.72. The summed E-state index contributed by atoms with van der Waals surface area (Å²) in [5.41, 5.74) is 1.81. The molecule has 3 heterocycles. The minimum atomic E-state index is -3.60. The van der Waals surface area contributed by atoms with Crippen LogP contribution in [0.5, 0.6) is 5.88 Å². The average molecular weight is 445 g/mol. The van der Waals surface area contributed by atoms with Crippen LogP contribution in [0.2, 0.25) is 0 Å². The summed E-state index contributed by atoms with van der Waals surface area (Å²) >= 11 is 0. The van der Waals surface area contributed by atoms with Crippen molar-refractivity contribution in [1.29, 1.82) is 0 Å². The molecule has 1 aromatic carbocycles. The lowest BCUT2D eigenvalue weighted by Crippen LogP contribution is -2.48. The number of hydrogen-bond donors (Lipinski definition) is 0. The van der Waals surface area contributed by atoms with Gasteiger partial charge in [0.2, 0.25) is 5.88 Å². The van der Waals surface area contributed by atoms with Gasteiger partial charge in [0.25, 0.3) is 10.0 Å². The van der Waals surface area contributed by atoms with Gasteiger partial charge in [0, 0.05) is 44.1 Å². The molecule has 31 heavy (non-hydrogen) atoms. The molecule has 0 radical (unpaired) electrons. The third kappa shape index (κ3) is 4.35. The molecule has 1 saturated heterocycles. The van der Waals surface area contributed by atoms with E-state index in [0.717, 1.165) is 16.6 Å². The standard InChI is InChI=1S/C21H28N6O3S/c1-15(2)26-12-20(24-14-26)31(28,29)27-9-7-25(8-10-27)17-5-6-19-18(11-17)21(23-13-22-19)30-16(3)4/h5-6,11-16H,7-10H2,1-4H3. The highest BCUT2D eigenvalue weighted by Gasteiger charge is 2.30. The van der Waals surface area contributed by atoms with Crippen molar-refractivity contribution in [2.45, 2.75) is 44.9 Å². The molecule has 1 aliphatic rings. The lowest BCUT2D eigenvalue weighted by Gasteiger charge is -2.35. The van der Waals surface area contributed by atoms with Crippen molar-refractivity contribution in [1.82, 2.24) is 23.8 Å². The number of ether oxygens (including phenoxy) is 1. The van der Waals surface area contributed by atoms with Gasteiger partial charge < -0.3 is 14.2 Å². The molecule has 0 saturated carbocycles. The molecule has 0 unspecified atom stereocenters. The number of sulfonamides is 1. The van der Waals surface area contributed by atoms with E-state index in [1.54, 1.807) is 17.1 Å². The monoisotopic (exact) mass is 444 g/mol. The van der Waals surface area contributed by atoms with Crippen LogP contribution < -0.4 is 9.64 Å². The van der Waals surface area contributed by atoms with E-state index in [4.69, 9.17) is 4.74 Å². The molecule has 166 valence electrons. The van der Waals surface area contributed by atoms with Crippen LogP contribution in [0.1, 0.15) is 33.7 Å². The predicted molar refractivity (Wildman–Crippen MR) is 119 cm³/mol. The highest BCUT2D eigenvalue weighted by Crippen LogP contribution is 2.28. The van der Waals surface area contributed by atoms with Crippen LogP contribution in [0.3, 0.4) is 0 Å². The Kier molecular flexibility index (Phi) is 5.85. The van der Waals surface area contributed by atoms with Crippen molar-refractivity contribution >= 4 is 26.6 Å². The number of anilines is 1. The molecule has 1 fully saturated rings. The van der Waals surface area contributed by atoms with E-state index in [1.165, 1.54) is 10.6 Å². The Morgan fingerprint density at radius 1 is 1.00 bits per heavy atom. The largest absolute Gasteiger partial charge is 0.474 e. The minimum absolute atomic E-state index is 0.00896. The Morgan fingerprint density at radius 2 is 1.74 bits per heavy atom. The maximum atomic E-state index is 13.0. The van der Waals surface area contributed by atoms with Crippen LogP contribution in [0.25, 0.3) is 10.9 Å². The van der Waals surface area contributed by atoms with E-state index < -0.39 is 10.0 Å². The summed E-state index contributed by atoms with van der Waals surface area (Å²) in [5, 5.41) is 0.955. The first-order chi connectivity index (χ1) is 14.8. The van der Waals surface area contributed by atoms with Gasteiger partial charge in [-0.25, -0.2) is 23.4 Å². The van der Waals surface area contributed by atoms with Gasteiger partial charge in [-0.15, -0.1) is 0 Å². The number of aromatic nitrogens is 4. The van der Waals surface area contributed by atoms with E-state index in [2.05, 4.69) is 19.9 Å². The van der Waals surface area contributed by atoms with Crippen molar-refractivity contribution < 1.29 is 13.2 Å². The summed E-state index contributed by atoms with van der Waals surface area (Å²) in [6.45, 7) is 9.87. The fourth-order valence-electron chi connectivity index (χ4n) is 3.59. The van der Waals surface area contributed by atoms with Crippen molar-refractivity contribution in [3.05, 3.63) is 37.1 Å². The van der Waals surface area contributed by atoms with Crippen LogP contribution in [-0.4, -0.2) is 64.5 Å². The van der Waals surface area contributed by atoms with Crippen molar-refractivity contribution in [3.8, 4) is 5.88 Å². The van der Waals surface area contributed by atoms with Crippen LogP contribution in [0.4, 0.5) is 5.69 Å². The lowest BCUT2D eigenvalue weighted by atomic mass is 10.2. The molecule has 0 amide bonds. The van der Waals surface area contributed by atoms with Gasteiger partial charge in [-0.3, -0.25) is 0 Å². The van der Waals surface area contributed by atoms with Gasteiger partial charge in [0.05, 0.1) is 23.3 Å². The Bertz CT molecular complexity index is 1170. The number of piperazine rings is 1. The van der Waals surface area contributed by atoms with Gasteiger partial charge in [0.15, 0.2) is 5.03 Å². The third-order valence-corrected chi connectivity index (χ3v) is 7.10. The number of fused-ring (bicyclic) bond motifs is 1. The molecule has 2 aromatic heterocycles. The molecule has 0 atom stereocenters. The van der Waals surface area contributed by atoms with Gasteiger partial charge in [-0.05, 0) is 45.9 Å². The molecule has 3 aromatic rings. The number of rotatable bonds is 6. The smallest absolute Gasteiger partial charge is 0.262 e. The Balaban J connectivity index is 1.51. The summed E-state index contributed by atoms with van der Waals surface area (Å²) in [5.74, 6) is 0.559. The van der Waals surface area contributed by atoms with E-state index in [9.17, 15) is 8.42 Å². The summed E-state index contributed by atoms with van der Waals surface area (Å²) in [6.07, 6.45) is 4.69. The lowest BCUT2D eigenvalue weighted by molar-refractivity contribution is 0.235. The van der Waals surface area contributed by atoms with E-state index in [-0.39, 0.29) is 17.2 Å².